The van der Waals surface area contributed by atoms with Gasteiger partial charge in [-0.05, 0) is 62.5 Å². The Kier molecular flexibility index (Phi) is 3.80. The number of nitrogens with one attached hydrogen (secondary N) is 1. The molecule has 2 heterocycles. The van der Waals surface area contributed by atoms with Crippen molar-refractivity contribution in [2.24, 2.45) is 5.92 Å². The summed E-state index contributed by atoms with van der Waals surface area (Å²) in [5, 5.41) is 4.67. The van der Waals surface area contributed by atoms with Crippen molar-refractivity contribution in [3.63, 3.8) is 0 Å². The van der Waals surface area contributed by atoms with Crippen molar-refractivity contribution >= 4 is 11.0 Å². The maximum Gasteiger partial charge on any atom is 0.134 e. The van der Waals surface area contributed by atoms with Crippen LogP contribution in [0.5, 0.6) is 5.75 Å². The van der Waals surface area contributed by atoms with E-state index in [9.17, 15) is 0 Å². The first-order chi connectivity index (χ1) is 10.8. The van der Waals surface area contributed by atoms with Gasteiger partial charge in [-0.25, -0.2) is 0 Å². The molecule has 2 aliphatic rings. The maximum atomic E-state index is 5.87. The third-order valence-corrected chi connectivity index (χ3v) is 4.89. The number of rotatable bonds is 6. The minimum absolute atomic E-state index is 0.796. The van der Waals surface area contributed by atoms with Crippen LogP contribution in [0.25, 0.3) is 11.0 Å². The zero-order valence-corrected chi connectivity index (χ0v) is 13.2. The predicted molar refractivity (Wildman–Crippen MR) is 87.2 cm³/mol. The molecule has 4 nitrogen and oxygen atoms in total. The molecule has 0 bridgehead atoms. The molecule has 1 aliphatic carbocycles. The Morgan fingerprint density at radius 2 is 2.18 bits per heavy atom. The quantitative estimate of drug-likeness (QED) is 0.890. The summed E-state index contributed by atoms with van der Waals surface area (Å²) in [6.45, 7) is 4.46. The molecule has 0 radical (unpaired) electrons. The lowest BCUT2D eigenvalue weighted by molar-refractivity contribution is 0.311. The first-order valence-electron chi connectivity index (χ1n) is 8.33. The Hall–Kier alpha value is -1.52. The van der Waals surface area contributed by atoms with Gasteiger partial charge < -0.3 is 19.4 Å². The zero-order chi connectivity index (χ0) is 14.9. The maximum absolute atomic E-state index is 5.87. The van der Waals surface area contributed by atoms with Crippen molar-refractivity contribution in [3.05, 3.63) is 30.0 Å². The highest BCUT2D eigenvalue weighted by Gasteiger charge is 2.33. The molecule has 118 valence electrons. The normalized spacial score (nSPS) is 22.5. The van der Waals surface area contributed by atoms with Gasteiger partial charge in [-0.2, -0.15) is 0 Å². The van der Waals surface area contributed by atoms with Crippen LogP contribution in [0.3, 0.4) is 0 Å². The number of fused-ring (bicyclic) bond motifs is 1. The number of ether oxygens (including phenoxy) is 1. The van der Waals surface area contributed by atoms with E-state index in [0.29, 0.717) is 0 Å². The molecule has 4 rings (SSSR count). The van der Waals surface area contributed by atoms with Gasteiger partial charge in [0.1, 0.15) is 17.1 Å². The number of nitrogens with zero attached hydrogens (tertiary/aromatic N) is 1. The summed E-state index contributed by atoms with van der Waals surface area (Å²) in [6.07, 6.45) is 4.17. The zero-order valence-electron chi connectivity index (χ0n) is 13.2. The van der Waals surface area contributed by atoms with Crippen LogP contribution in [0.1, 0.15) is 25.0 Å². The molecule has 22 heavy (non-hydrogen) atoms. The van der Waals surface area contributed by atoms with Gasteiger partial charge in [-0.15, -0.1) is 0 Å². The van der Waals surface area contributed by atoms with Crippen molar-refractivity contribution in [1.29, 1.82) is 0 Å². The molecular formula is C18H24N2O2. The first kappa shape index (κ1) is 14.1. The second-order valence-corrected chi connectivity index (χ2v) is 6.63. The molecular weight excluding hydrogens is 276 g/mol. The molecule has 0 amide bonds. The molecule has 2 aromatic rings. The molecule has 1 N–H and O–H groups in total. The number of furan rings is 1. The van der Waals surface area contributed by atoms with Gasteiger partial charge in [-0.3, -0.25) is 0 Å². The van der Waals surface area contributed by atoms with E-state index in [4.69, 9.17) is 9.15 Å². The lowest BCUT2D eigenvalue weighted by Gasteiger charge is -2.14. The molecule has 2 fully saturated rings. The monoisotopic (exact) mass is 300 g/mol. The fraction of sp³-hybridized carbons (Fsp3) is 0.556. The summed E-state index contributed by atoms with van der Waals surface area (Å²) >= 11 is 0. The molecule has 1 saturated heterocycles. The summed E-state index contributed by atoms with van der Waals surface area (Å²) in [5.41, 5.74) is 0.929. The van der Waals surface area contributed by atoms with Crippen LogP contribution in [-0.2, 0) is 6.54 Å². The second kappa shape index (κ2) is 5.94. The molecule has 0 spiro atoms. The van der Waals surface area contributed by atoms with E-state index in [1.54, 1.807) is 7.11 Å². The number of likely N-dealkylation sites (tertiary alicyclic amines) is 1. The van der Waals surface area contributed by atoms with E-state index >= 15 is 0 Å². The third kappa shape index (κ3) is 2.99. The lowest BCUT2D eigenvalue weighted by atomic mass is 10.1. The number of hydrogen-bond acceptors (Lipinski definition) is 4. The Bertz CT molecular complexity index is 648. The van der Waals surface area contributed by atoms with Crippen molar-refractivity contribution in [2.75, 3.05) is 26.7 Å². The van der Waals surface area contributed by atoms with Gasteiger partial charge in [0, 0.05) is 18.0 Å². The van der Waals surface area contributed by atoms with Gasteiger partial charge in [0.15, 0.2) is 0 Å². The van der Waals surface area contributed by atoms with E-state index < -0.39 is 0 Å². The Balaban J connectivity index is 1.30. The van der Waals surface area contributed by atoms with Gasteiger partial charge in [0.05, 0.1) is 13.7 Å². The third-order valence-electron chi connectivity index (χ3n) is 4.89. The highest BCUT2D eigenvalue weighted by atomic mass is 16.5. The molecule has 1 aliphatic heterocycles. The molecule has 0 unspecified atom stereocenters. The molecule has 4 heteroatoms. The van der Waals surface area contributed by atoms with E-state index in [1.807, 2.05) is 18.2 Å². The van der Waals surface area contributed by atoms with Gasteiger partial charge >= 0.3 is 0 Å². The van der Waals surface area contributed by atoms with Gasteiger partial charge in [0.2, 0.25) is 0 Å². The number of hydrogen-bond donors (Lipinski definition) is 1. The average molecular weight is 300 g/mol. The van der Waals surface area contributed by atoms with Crippen molar-refractivity contribution in [2.45, 2.75) is 31.8 Å². The summed E-state index contributed by atoms with van der Waals surface area (Å²) in [6, 6.07) is 8.95. The van der Waals surface area contributed by atoms with Gasteiger partial charge in [0.25, 0.3) is 0 Å². The van der Waals surface area contributed by atoms with Gasteiger partial charge in [-0.1, -0.05) is 0 Å². The van der Waals surface area contributed by atoms with Crippen LogP contribution in [0.4, 0.5) is 0 Å². The van der Waals surface area contributed by atoms with Crippen LogP contribution >= 0.6 is 0 Å². The van der Waals surface area contributed by atoms with E-state index in [1.165, 1.54) is 32.4 Å². The van der Waals surface area contributed by atoms with Crippen LogP contribution in [0.15, 0.2) is 28.7 Å². The Labute approximate surface area is 131 Å². The summed E-state index contributed by atoms with van der Waals surface area (Å²) in [5.74, 6) is 2.67. The van der Waals surface area contributed by atoms with Crippen LogP contribution in [0, 0.1) is 5.92 Å². The SMILES string of the molecule is COc1ccc2oc(CNC[C@H]3CCN(C4CC4)C3)cc2c1. The Morgan fingerprint density at radius 3 is 3.00 bits per heavy atom. The fourth-order valence-electron chi connectivity index (χ4n) is 3.49. The smallest absolute Gasteiger partial charge is 0.134 e. The number of benzene rings is 1. The van der Waals surface area contributed by atoms with Crippen molar-refractivity contribution in [3.8, 4) is 5.75 Å². The van der Waals surface area contributed by atoms with Crippen LogP contribution in [-0.4, -0.2) is 37.7 Å². The molecule has 1 saturated carbocycles. The van der Waals surface area contributed by atoms with Crippen LogP contribution < -0.4 is 10.1 Å². The molecule has 1 atom stereocenters. The highest BCUT2D eigenvalue weighted by Crippen LogP contribution is 2.31. The Morgan fingerprint density at radius 1 is 1.27 bits per heavy atom. The van der Waals surface area contributed by atoms with E-state index in [-0.39, 0.29) is 0 Å². The largest absolute Gasteiger partial charge is 0.497 e. The lowest BCUT2D eigenvalue weighted by Crippen LogP contribution is -2.27. The van der Waals surface area contributed by atoms with Crippen molar-refractivity contribution < 1.29 is 9.15 Å². The molecule has 1 aromatic carbocycles. The minimum atomic E-state index is 0.796. The second-order valence-electron chi connectivity index (χ2n) is 6.63. The summed E-state index contributed by atoms with van der Waals surface area (Å²) in [4.78, 5) is 2.67. The van der Waals surface area contributed by atoms with E-state index in [0.717, 1.165) is 47.5 Å². The minimum Gasteiger partial charge on any atom is -0.497 e. The highest BCUT2D eigenvalue weighted by molar-refractivity contribution is 5.79. The average Bonchev–Trinajstić information content (AvgIpc) is 3.14. The number of methoxy groups -OCH3 is 1. The summed E-state index contributed by atoms with van der Waals surface area (Å²) < 4.78 is 11.1. The first-order valence-corrected chi connectivity index (χ1v) is 8.33. The van der Waals surface area contributed by atoms with Crippen molar-refractivity contribution in [1.82, 2.24) is 10.2 Å². The molecule has 1 aromatic heterocycles. The fourth-order valence-corrected chi connectivity index (χ4v) is 3.49. The predicted octanol–water partition coefficient (Wildman–Crippen LogP) is 3.02. The topological polar surface area (TPSA) is 37.6 Å². The summed E-state index contributed by atoms with van der Waals surface area (Å²) in [7, 11) is 1.69. The van der Waals surface area contributed by atoms with E-state index in [2.05, 4.69) is 16.3 Å². The van der Waals surface area contributed by atoms with Crippen LogP contribution in [0.2, 0.25) is 0 Å². The standard InChI is InChI=1S/C18H24N2O2/c1-21-16-4-5-18-14(8-16)9-17(22-18)11-19-10-13-6-7-20(12-13)15-2-3-15/h4-5,8-9,13,15,19H,2-3,6-7,10-12H2,1H3/t13-/m1/s1.